The third kappa shape index (κ3) is 4.23. The second-order valence-corrected chi connectivity index (χ2v) is 7.74. The molecule has 152 valence electrons. The Morgan fingerprint density at radius 1 is 1.14 bits per heavy atom. The fourth-order valence-corrected chi connectivity index (χ4v) is 3.82. The molecule has 0 aliphatic carbocycles. The average molecular weight is 435 g/mol. The number of nitrogens with zero attached hydrogens (tertiary/aromatic N) is 5. The highest BCUT2D eigenvalue weighted by atomic mass is 35.5. The molecule has 4 rings (SSSR count). The number of aryl methyl sites for hydroxylation is 1. The minimum atomic E-state index is -0.348. The maximum atomic E-state index is 12.5. The van der Waals surface area contributed by atoms with Crippen LogP contribution in [0, 0.1) is 0 Å². The minimum Gasteiger partial charge on any atom is -0.309 e. The molecule has 0 unspecified atom stereocenters. The summed E-state index contributed by atoms with van der Waals surface area (Å²) in [7, 11) is 0. The molecule has 1 aliphatic heterocycles. The van der Waals surface area contributed by atoms with Crippen LogP contribution in [0.25, 0.3) is 0 Å². The van der Waals surface area contributed by atoms with Crippen molar-refractivity contribution in [1.29, 1.82) is 0 Å². The molecule has 0 spiro atoms. The SMILES string of the molecule is O=C(Cn1nc2n(c1=O)CCCCC2)Nc1ccnn1Cc1cccc(Cl)c1Cl. The van der Waals surface area contributed by atoms with E-state index in [1.54, 1.807) is 33.6 Å². The van der Waals surface area contributed by atoms with E-state index >= 15 is 0 Å². The van der Waals surface area contributed by atoms with Crippen molar-refractivity contribution in [2.24, 2.45) is 0 Å². The first-order valence-electron chi connectivity index (χ1n) is 9.44. The lowest BCUT2D eigenvalue weighted by molar-refractivity contribution is -0.117. The van der Waals surface area contributed by atoms with Crippen LogP contribution in [0.2, 0.25) is 10.0 Å². The fourth-order valence-electron chi connectivity index (χ4n) is 3.44. The fraction of sp³-hybridized carbons (Fsp3) is 0.368. The van der Waals surface area contributed by atoms with Gasteiger partial charge >= 0.3 is 5.69 Å². The van der Waals surface area contributed by atoms with E-state index in [1.165, 1.54) is 4.68 Å². The second-order valence-electron chi connectivity index (χ2n) is 6.95. The summed E-state index contributed by atoms with van der Waals surface area (Å²) >= 11 is 12.3. The molecule has 0 fully saturated rings. The number of benzene rings is 1. The molecule has 1 aliphatic rings. The molecule has 8 nitrogen and oxygen atoms in total. The van der Waals surface area contributed by atoms with Crippen LogP contribution in [-0.2, 0) is 30.8 Å². The Hall–Kier alpha value is -2.58. The molecule has 3 aromatic rings. The number of anilines is 1. The van der Waals surface area contributed by atoms with Gasteiger partial charge in [-0.3, -0.25) is 9.36 Å². The smallest absolute Gasteiger partial charge is 0.309 e. The van der Waals surface area contributed by atoms with Crippen LogP contribution < -0.4 is 11.0 Å². The summed E-state index contributed by atoms with van der Waals surface area (Å²) in [6, 6.07) is 7.05. The van der Waals surface area contributed by atoms with Gasteiger partial charge in [0.15, 0.2) is 0 Å². The van der Waals surface area contributed by atoms with Crippen LogP contribution in [0.4, 0.5) is 5.82 Å². The summed E-state index contributed by atoms with van der Waals surface area (Å²) in [6.45, 7) is 0.853. The zero-order valence-electron chi connectivity index (χ0n) is 15.6. The molecule has 0 saturated heterocycles. The molecule has 0 radical (unpaired) electrons. The molecule has 29 heavy (non-hydrogen) atoms. The van der Waals surface area contributed by atoms with Crippen molar-refractivity contribution < 1.29 is 4.79 Å². The standard InChI is InChI=1S/C19H20Cl2N6O2/c20-14-6-4-5-13(18(14)21)11-26-15(8-9-22-26)23-17(28)12-27-19(29)25-10-3-1-2-7-16(25)24-27/h4-6,8-9H,1-3,7,10-12H2,(H,23,28). The lowest BCUT2D eigenvalue weighted by Crippen LogP contribution is -2.30. The van der Waals surface area contributed by atoms with Crippen LogP contribution in [0.5, 0.6) is 0 Å². The van der Waals surface area contributed by atoms with Crippen molar-refractivity contribution in [3.63, 3.8) is 0 Å². The van der Waals surface area contributed by atoms with Gasteiger partial charge < -0.3 is 5.32 Å². The van der Waals surface area contributed by atoms with Gasteiger partial charge in [-0.05, 0) is 24.5 Å². The topological polar surface area (TPSA) is 86.7 Å². The zero-order valence-corrected chi connectivity index (χ0v) is 17.2. The number of carbonyl (C=O) groups excluding carboxylic acids is 1. The first kappa shape index (κ1) is 19.7. The highest BCUT2D eigenvalue weighted by Gasteiger charge is 2.18. The van der Waals surface area contributed by atoms with E-state index in [0.717, 1.165) is 37.1 Å². The van der Waals surface area contributed by atoms with E-state index < -0.39 is 0 Å². The van der Waals surface area contributed by atoms with Gasteiger partial charge in [-0.1, -0.05) is 41.8 Å². The Kier molecular flexibility index (Phi) is 5.73. The van der Waals surface area contributed by atoms with Crippen molar-refractivity contribution >= 4 is 34.9 Å². The van der Waals surface area contributed by atoms with E-state index in [2.05, 4.69) is 15.5 Å². The van der Waals surface area contributed by atoms with E-state index in [4.69, 9.17) is 23.2 Å². The van der Waals surface area contributed by atoms with Crippen molar-refractivity contribution in [2.75, 3.05) is 5.32 Å². The summed E-state index contributed by atoms with van der Waals surface area (Å²) in [5.74, 6) is 0.903. The van der Waals surface area contributed by atoms with Crippen LogP contribution in [0.1, 0.15) is 30.7 Å². The van der Waals surface area contributed by atoms with Crippen LogP contribution in [0.3, 0.4) is 0 Å². The number of amides is 1. The van der Waals surface area contributed by atoms with Gasteiger partial charge in [-0.15, -0.1) is 0 Å². The molecular formula is C19H20Cl2N6O2. The van der Waals surface area contributed by atoms with Gasteiger partial charge in [-0.2, -0.15) is 10.2 Å². The van der Waals surface area contributed by atoms with Crippen LogP contribution in [-0.4, -0.2) is 30.0 Å². The highest BCUT2D eigenvalue weighted by Crippen LogP contribution is 2.26. The first-order valence-corrected chi connectivity index (χ1v) is 10.2. The minimum absolute atomic E-state index is 0.151. The molecule has 3 heterocycles. The summed E-state index contributed by atoms with van der Waals surface area (Å²) in [5.41, 5.74) is 0.545. The Morgan fingerprint density at radius 2 is 2.00 bits per heavy atom. The Morgan fingerprint density at radius 3 is 2.86 bits per heavy atom. The molecule has 0 bridgehead atoms. The van der Waals surface area contributed by atoms with Crippen molar-refractivity contribution in [3.8, 4) is 0 Å². The largest absolute Gasteiger partial charge is 0.346 e. The van der Waals surface area contributed by atoms with Gasteiger partial charge in [0.05, 0.1) is 22.8 Å². The number of halogens is 2. The molecule has 2 aromatic heterocycles. The van der Waals surface area contributed by atoms with Crippen LogP contribution >= 0.6 is 23.2 Å². The highest BCUT2D eigenvalue weighted by molar-refractivity contribution is 6.42. The summed E-state index contributed by atoms with van der Waals surface area (Å²) in [6.07, 6.45) is 5.39. The third-order valence-corrected chi connectivity index (χ3v) is 5.77. The number of fused-ring (bicyclic) bond motifs is 1. The third-order valence-electron chi connectivity index (χ3n) is 4.91. The van der Waals surface area contributed by atoms with Crippen molar-refractivity contribution in [3.05, 3.63) is 62.4 Å². The average Bonchev–Trinajstić information content (AvgIpc) is 3.14. The molecular weight excluding hydrogens is 415 g/mol. The number of rotatable bonds is 5. The molecule has 0 atom stereocenters. The summed E-state index contributed by atoms with van der Waals surface area (Å²) < 4.78 is 4.51. The van der Waals surface area contributed by atoms with Gasteiger partial charge in [0.25, 0.3) is 0 Å². The Balaban J connectivity index is 1.47. The van der Waals surface area contributed by atoms with E-state index in [1.807, 2.05) is 6.07 Å². The monoisotopic (exact) mass is 434 g/mol. The second kappa shape index (κ2) is 8.42. The molecule has 1 N–H and O–H groups in total. The number of carbonyl (C=O) groups is 1. The number of nitrogens with one attached hydrogen (secondary N) is 1. The maximum Gasteiger partial charge on any atom is 0.346 e. The van der Waals surface area contributed by atoms with E-state index in [-0.39, 0.29) is 18.1 Å². The van der Waals surface area contributed by atoms with Crippen LogP contribution in [0.15, 0.2) is 35.3 Å². The van der Waals surface area contributed by atoms with Crippen molar-refractivity contribution in [2.45, 2.75) is 45.3 Å². The Labute approximate surface area is 177 Å². The number of hydrogen-bond donors (Lipinski definition) is 1. The lowest BCUT2D eigenvalue weighted by Gasteiger charge is -2.10. The first-order chi connectivity index (χ1) is 14.0. The molecule has 1 amide bonds. The zero-order chi connectivity index (χ0) is 20.4. The molecule has 0 saturated carbocycles. The maximum absolute atomic E-state index is 12.5. The van der Waals surface area contributed by atoms with Crippen molar-refractivity contribution in [1.82, 2.24) is 24.1 Å². The Bertz CT molecular complexity index is 1100. The normalized spacial score (nSPS) is 13.7. The van der Waals surface area contributed by atoms with Gasteiger partial charge in [-0.25, -0.2) is 14.2 Å². The predicted octanol–water partition coefficient (Wildman–Crippen LogP) is 2.96. The van der Waals surface area contributed by atoms with Gasteiger partial charge in [0, 0.05) is 19.0 Å². The summed E-state index contributed by atoms with van der Waals surface area (Å²) in [4.78, 5) is 25.1. The number of hydrogen-bond acceptors (Lipinski definition) is 4. The van der Waals surface area contributed by atoms with E-state index in [0.29, 0.717) is 29.0 Å². The van der Waals surface area contributed by atoms with Gasteiger partial charge in [0.2, 0.25) is 5.91 Å². The summed E-state index contributed by atoms with van der Waals surface area (Å²) in [5, 5.41) is 12.3. The quantitative estimate of drug-likeness (QED) is 0.668. The lowest BCUT2D eigenvalue weighted by atomic mass is 10.2. The molecule has 1 aromatic carbocycles. The number of aromatic nitrogens is 5. The predicted molar refractivity (Wildman–Crippen MR) is 110 cm³/mol. The molecule has 10 heteroatoms. The van der Waals surface area contributed by atoms with Gasteiger partial charge in [0.1, 0.15) is 18.2 Å². The van der Waals surface area contributed by atoms with E-state index in [9.17, 15) is 9.59 Å².